The first-order valence-electron chi connectivity index (χ1n) is 22.5. The molecule has 3 aliphatic carbocycles. The Kier molecular flexibility index (Phi) is 9.12. The van der Waals surface area contributed by atoms with Crippen molar-refractivity contribution in [2.45, 2.75) is 30.2 Å². The fourth-order valence-electron chi connectivity index (χ4n) is 12.2. The van der Waals surface area contributed by atoms with Crippen molar-refractivity contribution in [3.63, 3.8) is 0 Å². The summed E-state index contributed by atoms with van der Waals surface area (Å²) in [5.41, 5.74) is 19.9. The maximum absolute atomic E-state index is 5.19. The zero-order chi connectivity index (χ0) is 43.5. The molecule has 0 bridgehead atoms. The third-order valence-electron chi connectivity index (χ3n) is 15.0. The Balaban J connectivity index is 0.00000456. The summed E-state index contributed by atoms with van der Waals surface area (Å²) in [5, 5.41) is 0. The van der Waals surface area contributed by atoms with Crippen LogP contribution in [0.15, 0.2) is 206 Å². The third-order valence-corrected chi connectivity index (χ3v) is 15.0. The molecule has 318 valence electrons. The number of hydrogen-bond donors (Lipinski definition) is 0. The molecule has 0 fully saturated rings. The number of aromatic nitrogens is 3. The van der Waals surface area contributed by atoms with Crippen molar-refractivity contribution >= 4 is 0 Å². The van der Waals surface area contributed by atoms with Gasteiger partial charge < -0.3 is 9.13 Å². The molecule has 66 heavy (non-hydrogen) atoms. The molecule has 0 aliphatic heterocycles. The number of fused-ring (bicyclic) bond motifs is 9. The van der Waals surface area contributed by atoms with E-state index < -0.39 is 16.4 Å². The van der Waals surface area contributed by atoms with Gasteiger partial charge in [0.05, 0.1) is 18.2 Å². The van der Waals surface area contributed by atoms with E-state index in [1.807, 2.05) is 12.3 Å². The van der Waals surface area contributed by atoms with E-state index in [4.69, 9.17) is 4.98 Å². The van der Waals surface area contributed by atoms with Gasteiger partial charge in [0, 0.05) is 43.8 Å². The average molecular weight is 1030 g/mol. The number of imidazole rings is 1. The van der Waals surface area contributed by atoms with Crippen LogP contribution in [0.1, 0.15) is 72.7 Å². The number of aryl methyl sites for hydroxylation is 1. The van der Waals surface area contributed by atoms with Gasteiger partial charge >= 0.3 is 0 Å². The molecule has 0 atom stereocenters. The number of nitrogens with zero attached hydrogens (tertiary/aromatic N) is 3. The van der Waals surface area contributed by atoms with Crippen LogP contribution in [0.4, 0.5) is 0 Å². The molecule has 0 saturated heterocycles. The van der Waals surface area contributed by atoms with Crippen molar-refractivity contribution in [1.82, 2.24) is 9.55 Å². The molecule has 0 amide bonds. The summed E-state index contributed by atoms with van der Waals surface area (Å²) in [6.07, 6.45) is 5.74. The summed E-state index contributed by atoms with van der Waals surface area (Å²) in [7, 11) is 2.10. The zero-order valence-corrected chi connectivity index (χ0v) is 39.1. The molecule has 0 spiro atoms. The molecule has 0 N–H and O–H groups in total. The summed E-state index contributed by atoms with van der Waals surface area (Å²) in [6, 6.07) is 82.1. The normalized spacial score (nSPS) is 14.8. The smallest absolute Gasteiger partial charge is 0.205 e. The quantitative estimate of drug-likeness (QED) is 0.120. The Morgan fingerprint density at radius 3 is 1.20 bits per heavy atom. The van der Waals surface area contributed by atoms with Crippen molar-refractivity contribution in [2.75, 3.05) is 0 Å². The minimum Gasteiger partial charge on any atom is -0.351 e. The van der Waals surface area contributed by atoms with Gasteiger partial charge in [-0.2, -0.15) is 48.5 Å². The molecule has 2 heterocycles. The Hall–Kier alpha value is -7.19. The predicted octanol–water partition coefficient (Wildman–Crippen LogP) is 12.3. The van der Waals surface area contributed by atoms with Gasteiger partial charge in [0.1, 0.15) is 5.54 Å². The van der Waals surface area contributed by atoms with Gasteiger partial charge in [0.2, 0.25) is 6.33 Å². The van der Waals surface area contributed by atoms with Crippen molar-refractivity contribution in [3.05, 3.63) is 298 Å². The molecule has 3 aliphatic rings. The van der Waals surface area contributed by atoms with Crippen molar-refractivity contribution in [1.29, 1.82) is 0 Å². The molecular weight excluding hydrogens is 982 g/mol. The van der Waals surface area contributed by atoms with Crippen LogP contribution >= 0.6 is 0 Å². The molecule has 13 rings (SSSR count). The second-order valence-electron chi connectivity index (χ2n) is 17.8. The largest absolute Gasteiger partial charge is 0.351 e. The second-order valence-corrected chi connectivity index (χ2v) is 17.8. The van der Waals surface area contributed by atoms with Crippen LogP contribution in [0.25, 0.3) is 33.4 Å². The topological polar surface area (TPSA) is 21.7 Å². The Bertz CT molecular complexity index is 3430. The number of hydrogen-bond acceptors (Lipinski definition) is 1. The minimum absolute atomic E-state index is 0. The first-order valence-corrected chi connectivity index (χ1v) is 22.5. The number of benzene rings is 8. The molecule has 4 heteroatoms. The third kappa shape index (κ3) is 5.07. The summed E-state index contributed by atoms with van der Waals surface area (Å²) in [4.78, 5) is 5.19. The molecule has 2 aromatic heterocycles. The molecule has 3 nitrogen and oxygen atoms in total. The summed E-state index contributed by atoms with van der Waals surface area (Å²) < 4.78 is 4.51. The van der Waals surface area contributed by atoms with Crippen LogP contribution in [0.5, 0.6) is 0 Å². The Morgan fingerprint density at radius 1 is 0.409 bits per heavy atom. The Labute approximate surface area is 401 Å². The molecule has 10 aromatic rings. The maximum Gasteiger partial charge on any atom is 0.205 e. The standard InChI is InChI=1S/C62H43N3.Pt/c1-41-42(2)65(40-64(41)3)62(57-34-14-8-28-51(57)52-29-9-15-35-58(52)62)46-23-19-21-44(39-46)60(53-30-10-4-24-47(53)48-25-5-11-31-54(48)60)43-20-18-22-45(38-43)61(59-36-16-17-37-63-59)55-32-12-6-26-49(55)50-27-7-13-33-56(50)61;/h4-37H,1-3H3;/q-2;. The predicted molar refractivity (Wildman–Crippen MR) is 258 cm³/mol. The van der Waals surface area contributed by atoms with E-state index in [0.29, 0.717) is 0 Å². The van der Waals surface area contributed by atoms with Gasteiger partial charge in [-0.25, -0.2) is 0 Å². The summed E-state index contributed by atoms with van der Waals surface area (Å²) in [6.45, 7) is 4.41. The van der Waals surface area contributed by atoms with E-state index in [1.165, 1.54) is 72.5 Å². The Morgan fingerprint density at radius 2 is 0.773 bits per heavy atom. The zero-order valence-electron chi connectivity index (χ0n) is 36.8. The first-order chi connectivity index (χ1) is 32.0. The molecule has 0 saturated carbocycles. The van der Waals surface area contributed by atoms with E-state index in [1.54, 1.807) is 0 Å². The van der Waals surface area contributed by atoms with Crippen LogP contribution in [0.2, 0.25) is 0 Å². The van der Waals surface area contributed by atoms with Gasteiger partial charge in [-0.3, -0.25) is 4.98 Å². The fourth-order valence-corrected chi connectivity index (χ4v) is 12.2. The molecular formula is C62H43N3Pt-2. The first kappa shape index (κ1) is 40.3. The minimum atomic E-state index is -0.795. The van der Waals surface area contributed by atoms with Crippen molar-refractivity contribution < 1.29 is 25.6 Å². The molecule has 0 unspecified atom stereocenters. The second kappa shape index (κ2) is 14.9. The van der Waals surface area contributed by atoms with Crippen LogP contribution in [0, 0.1) is 32.3 Å². The van der Waals surface area contributed by atoms with Crippen LogP contribution in [-0.4, -0.2) is 9.55 Å². The van der Waals surface area contributed by atoms with E-state index in [2.05, 4.69) is 243 Å². The van der Waals surface area contributed by atoms with E-state index in [-0.39, 0.29) is 21.1 Å². The van der Waals surface area contributed by atoms with Gasteiger partial charge in [-0.05, 0) is 79.2 Å². The maximum atomic E-state index is 5.19. The SMILES string of the molecule is Cc1c(C)[n+](C)[c-]n1C1(c2[c-]c(C3(c4[c-]c(C5(c6ccccn6)c6ccccc6-c6ccccc65)ccc4)c4ccccc4-c4ccccc43)ccc2)c2ccccc2-c2ccccc21.[Pt]. The average Bonchev–Trinajstić information content (AvgIpc) is 4.04. The van der Waals surface area contributed by atoms with E-state index in [9.17, 15) is 0 Å². The van der Waals surface area contributed by atoms with Gasteiger partial charge in [0.25, 0.3) is 0 Å². The molecule has 8 aromatic carbocycles. The summed E-state index contributed by atoms with van der Waals surface area (Å²) in [5.74, 6) is 0. The van der Waals surface area contributed by atoms with Crippen molar-refractivity contribution in [3.8, 4) is 33.4 Å². The summed E-state index contributed by atoms with van der Waals surface area (Å²) >= 11 is 0. The molecule has 0 radical (unpaired) electrons. The van der Waals surface area contributed by atoms with E-state index >= 15 is 0 Å². The van der Waals surface area contributed by atoms with Gasteiger partial charge in [-0.15, -0.1) is 22.3 Å². The van der Waals surface area contributed by atoms with Gasteiger partial charge in [-0.1, -0.05) is 166 Å². The fraction of sp³-hybridized carbons (Fsp3) is 0.0968. The number of rotatable bonds is 6. The van der Waals surface area contributed by atoms with Gasteiger partial charge in [0.15, 0.2) is 0 Å². The van der Waals surface area contributed by atoms with E-state index in [0.717, 1.165) is 33.6 Å². The van der Waals surface area contributed by atoms with Crippen LogP contribution < -0.4 is 4.57 Å². The van der Waals surface area contributed by atoms with Crippen molar-refractivity contribution in [2.24, 2.45) is 7.05 Å². The van der Waals surface area contributed by atoms with Crippen LogP contribution in [-0.2, 0) is 44.5 Å². The number of pyridine rings is 1. The van der Waals surface area contributed by atoms with Crippen LogP contribution in [0.3, 0.4) is 0 Å². The monoisotopic (exact) mass is 1020 g/mol.